The van der Waals surface area contributed by atoms with Gasteiger partial charge in [0.2, 0.25) is 0 Å². The van der Waals surface area contributed by atoms with Crippen molar-refractivity contribution >= 4 is 23.5 Å². The van der Waals surface area contributed by atoms with E-state index in [1.54, 1.807) is 17.0 Å². The number of nitrogens with zero attached hydrogens (tertiary/aromatic N) is 2. The third-order valence-corrected chi connectivity index (χ3v) is 6.18. The molecule has 0 spiro atoms. The van der Waals surface area contributed by atoms with Gasteiger partial charge in [-0.3, -0.25) is 9.48 Å². The van der Waals surface area contributed by atoms with Crippen molar-refractivity contribution in [3.05, 3.63) is 23.0 Å². The second-order valence-electron chi connectivity index (χ2n) is 7.40. The third kappa shape index (κ3) is 2.17. The summed E-state index contributed by atoms with van der Waals surface area (Å²) in [5.74, 6) is 2.72. The second kappa shape index (κ2) is 4.70. The standard InChI is InChI=1S/C17H21ClN2O/c1-20-15(14(18)10-19-20)2-3-16(21)17-7-11-4-12(8-17)6-13(5-11)9-17/h2-3,10-13H,4-9H2,1H3/b3-2+. The minimum absolute atomic E-state index is 0.0592. The topological polar surface area (TPSA) is 34.9 Å². The number of halogens is 1. The Morgan fingerprint density at radius 1 is 1.29 bits per heavy atom. The van der Waals surface area contributed by atoms with Gasteiger partial charge in [-0.15, -0.1) is 0 Å². The number of hydrogen-bond acceptors (Lipinski definition) is 2. The van der Waals surface area contributed by atoms with Crippen LogP contribution in [-0.2, 0) is 11.8 Å². The molecule has 3 nitrogen and oxygen atoms in total. The fourth-order valence-electron chi connectivity index (χ4n) is 5.35. The van der Waals surface area contributed by atoms with Crippen LogP contribution in [0.5, 0.6) is 0 Å². The van der Waals surface area contributed by atoms with E-state index < -0.39 is 0 Å². The van der Waals surface area contributed by atoms with Crippen LogP contribution in [-0.4, -0.2) is 15.6 Å². The van der Waals surface area contributed by atoms with Gasteiger partial charge in [0.15, 0.2) is 5.78 Å². The third-order valence-electron chi connectivity index (χ3n) is 5.89. The zero-order valence-electron chi connectivity index (χ0n) is 12.4. The summed E-state index contributed by atoms with van der Waals surface area (Å²) in [6, 6.07) is 0. The number of carbonyl (C=O) groups is 1. The van der Waals surface area contributed by atoms with Gasteiger partial charge in [-0.2, -0.15) is 5.10 Å². The molecule has 0 aliphatic heterocycles. The van der Waals surface area contributed by atoms with E-state index in [9.17, 15) is 4.79 Å². The van der Waals surface area contributed by atoms with Gasteiger partial charge >= 0.3 is 0 Å². The van der Waals surface area contributed by atoms with E-state index in [4.69, 9.17) is 11.6 Å². The lowest BCUT2D eigenvalue weighted by molar-refractivity contribution is -0.138. The van der Waals surface area contributed by atoms with Crippen molar-refractivity contribution in [1.82, 2.24) is 9.78 Å². The molecule has 4 saturated carbocycles. The molecule has 112 valence electrons. The van der Waals surface area contributed by atoms with Gasteiger partial charge in [0, 0.05) is 12.5 Å². The molecule has 0 atom stereocenters. The normalized spacial score (nSPS) is 37.5. The summed E-state index contributed by atoms with van der Waals surface area (Å²) in [4.78, 5) is 12.9. The molecule has 1 aromatic rings. The average molecular weight is 305 g/mol. The van der Waals surface area contributed by atoms with Crippen molar-refractivity contribution in [2.45, 2.75) is 38.5 Å². The Bertz CT molecular complexity index is 562. The number of aromatic nitrogens is 2. The van der Waals surface area contributed by atoms with Crippen LogP contribution in [0.25, 0.3) is 6.08 Å². The first-order valence-electron chi connectivity index (χ1n) is 7.96. The summed E-state index contributed by atoms with van der Waals surface area (Å²) in [6.45, 7) is 0. The Kier molecular flexibility index (Phi) is 3.04. The molecule has 0 amide bonds. The fraction of sp³-hybridized carbons (Fsp3) is 0.647. The van der Waals surface area contributed by atoms with Crippen molar-refractivity contribution in [2.24, 2.45) is 30.2 Å². The summed E-state index contributed by atoms with van der Waals surface area (Å²) in [5.41, 5.74) is 0.755. The van der Waals surface area contributed by atoms with Crippen LogP contribution in [0.2, 0.25) is 5.02 Å². The fourth-order valence-corrected chi connectivity index (χ4v) is 5.58. The van der Waals surface area contributed by atoms with Crippen LogP contribution in [0.15, 0.2) is 12.3 Å². The van der Waals surface area contributed by atoms with E-state index in [2.05, 4.69) is 5.10 Å². The predicted molar refractivity (Wildman–Crippen MR) is 82.9 cm³/mol. The van der Waals surface area contributed by atoms with Crippen LogP contribution in [0, 0.1) is 23.2 Å². The zero-order valence-corrected chi connectivity index (χ0v) is 13.1. The molecule has 0 N–H and O–H groups in total. The zero-order chi connectivity index (χ0) is 14.6. The molecule has 4 fully saturated rings. The molecule has 0 aromatic carbocycles. The van der Waals surface area contributed by atoms with Gasteiger partial charge in [-0.25, -0.2) is 0 Å². The van der Waals surface area contributed by atoms with E-state index in [0.29, 0.717) is 10.8 Å². The number of ketones is 1. The van der Waals surface area contributed by atoms with Crippen molar-refractivity contribution in [3.63, 3.8) is 0 Å². The Balaban J connectivity index is 1.58. The van der Waals surface area contributed by atoms with Gasteiger partial charge in [0.05, 0.1) is 16.9 Å². The first-order chi connectivity index (χ1) is 10.1. The van der Waals surface area contributed by atoms with Crippen molar-refractivity contribution in [2.75, 3.05) is 0 Å². The molecule has 0 radical (unpaired) electrons. The average Bonchev–Trinajstić information content (AvgIpc) is 2.74. The summed E-state index contributed by atoms with van der Waals surface area (Å²) in [6.07, 6.45) is 12.7. The molecule has 0 saturated heterocycles. The molecular formula is C17H21ClN2O. The van der Waals surface area contributed by atoms with E-state index in [1.165, 1.54) is 19.3 Å². The molecule has 4 aliphatic rings. The Morgan fingerprint density at radius 3 is 2.33 bits per heavy atom. The molecule has 5 rings (SSSR count). The van der Waals surface area contributed by atoms with E-state index in [-0.39, 0.29) is 5.41 Å². The van der Waals surface area contributed by atoms with Crippen molar-refractivity contribution < 1.29 is 4.79 Å². The molecule has 1 heterocycles. The Morgan fingerprint density at radius 2 is 1.86 bits per heavy atom. The van der Waals surface area contributed by atoms with Crippen molar-refractivity contribution in [3.8, 4) is 0 Å². The van der Waals surface area contributed by atoms with E-state index in [1.807, 2.05) is 13.1 Å². The first-order valence-corrected chi connectivity index (χ1v) is 8.33. The molecule has 1 aromatic heterocycles. The van der Waals surface area contributed by atoms with Gasteiger partial charge in [-0.05, 0) is 68.4 Å². The summed E-state index contributed by atoms with van der Waals surface area (Å²) >= 11 is 6.10. The Hall–Kier alpha value is -1.09. The van der Waals surface area contributed by atoms with Crippen molar-refractivity contribution in [1.29, 1.82) is 0 Å². The highest BCUT2D eigenvalue weighted by Crippen LogP contribution is 2.60. The monoisotopic (exact) mass is 304 g/mol. The number of hydrogen-bond donors (Lipinski definition) is 0. The minimum Gasteiger partial charge on any atom is -0.294 e. The summed E-state index contributed by atoms with van der Waals surface area (Å²) in [5, 5.41) is 4.71. The smallest absolute Gasteiger partial charge is 0.161 e. The lowest BCUT2D eigenvalue weighted by Gasteiger charge is -2.55. The predicted octanol–water partition coefficient (Wildman–Crippen LogP) is 3.87. The van der Waals surface area contributed by atoms with Crippen LogP contribution in [0.4, 0.5) is 0 Å². The maximum absolute atomic E-state index is 12.9. The van der Waals surface area contributed by atoms with E-state index in [0.717, 1.165) is 42.7 Å². The molecule has 4 aliphatic carbocycles. The van der Waals surface area contributed by atoms with Crippen LogP contribution < -0.4 is 0 Å². The van der Waals surface area contributed by atoms with Gasteiger partial charge in [0.25, 0.3) is 0 Å². The highest BCUT2D eigenvalue weighted by atomic mass is 35.5. The Labute approximate surface area is 130 Å². The maximum Gasteiger partial charge on any atom is 0.161 e. The lowest BCUT2D eigenvalue weighted by Crippen LogP contribution is -2.49. The molecular weight excluding hydrogens is 284 g/mol. The number of aryl methyl sites for hydroxylation is 1. The number of carbonyl (C=O) groups excluding carboxylic acids is 1. The number of rotatable bonds is 3. The van der Waals surface area contributed by atoms with Crippen LogP contribution >= 0.6 is 11.6 Å². The minimum atomic E-state index is -0.0592. The molecule has 4 bridgehead atoms. The molecule has 0 unspecified atom stereocenters. The molecule has 4 heteroatoms. The SMILES string of the molecule is Cn1ncc(Cl)c1/C=C/C(=O)C12CC3CC(CC(C3)C1)C2. The van der Waals surface area contributed by atoms with Gasteiger partial charge in [0.1, 0.15) is 0 Å². The largest absolute Gasteiger partial charge is 0.294 e. The second-order valence-corrected chi connectivity index (χ2v) is 7.80. The summed E-state index contributed by atoms with van der Waals surface area (Å²) < 4.78 is 1.71. The summed E-state index contributed by atoms with van der Waals surface area (Å²) in [7, 11) is 1.85. The highest BCUT2D eigenvalue weighted by Gasteiger charge is 2.53. The van der Waals surface area contributed by atoms with E-state index >= 15 is 0 Å². The lowest BCUT2D eigenvalue weighted by atomic mass is 9.48. The van der Waals surface area contributed by atoms with Gasteiger partial charge in [-0.1, -0.05) is 11.6 Å². The number of allylic oxidation sites excluding steroid dienone is 1. The van der Waals surface area contributed by atoms with Gasteiger partial charge < -0.3 is 0 Å². The van der Waals surface area contributed by atoms with Crippen LogP contribution in [0.1, 0.15) is 44.2 Å². The highest BCUT2D eigenvalue weighted by molar-refractivity contribution is 6.31. The first kappa shape index (κ1) is 13.6. The maximum atomic E-state index is 12.9. The molecule has 21 heavy (non-hydrogen) atoms. The van der Waals surface area contributed by atoms with Crippen LogP contribution in [0.3, 0.4) is 0 Å². The quantitative estimate of drug-likeness (QED) is 0.795.